The van der Waals surface area contributed by atoms with Gasteiger partial charge in [-0.15, -0.1) is 0 Å². The van der Waals surface area contributed by atoms with Crippen LogP contribution >= 0.6 is 11.8 Å². The van der Waals surface area contributed by atoms with Gasteiger partial charge in [-0.25, -0.2) is 4.99 Å². The fourth-order valence-electron chi connectivity index (χ4n) is 1.63. The molecule has 122 valence electrons. The number of nitrogens with one attached hydrogen (secondary N) is 2. The third-order valence-electron chi connectivity index (χ3n) is 3.04. The van der Waals surface area contributed by atoms with Crippen molar-refractivity contribution in [1.82, 2.24) is 15.5 Å². The summed E-state index contributed by atoms with van der Waals surface area (Å²) >= 11 is 1.77. The molecule has 0 saturated carbocycles. The lowest BCUT2D eigenvalue weighted by atomic mass is 10.1. The number of amides is 1. The normalized spacial score (nSPS) is 11.2. The van der Waals surface area contributed by atoms with E-state index in [0.717, 1.165) is 17.9 Å². The molecule has 0 aliphatic carbocycles. The zero-order chi connectivity index (χ0) is 16.4. The highest BCUT2D eigenvalue weighted by Crippen LogP contribution is 2.04. The van der Waals surface area contributed by atoms with Gasteiger partial charge in [0.1, 0.15) is 0 Å². The van der Waals surface area contributed by atoms with E-state index in [1.54, 1.807) is 30.8 Å². The van der Waals surface area contributed by atoms with Crippen LogP contribution in [0.4, 0.5) is 0 Å². The number of aryl methyl sites for hydroxylation is 1. The van der Waals surface area contributed by atoms with E-state index in [2.05, 4.69) is 53.1 Å². The molecule has 5 nitrogen and oxygen atoms in total. The molecule has 0 heterocycles. The first-order valence-electron chi connectivity index (χ1n) is 7.29. The smallest absolute Gasteiger partial charge is 0.241 e. The van der Waals surface area contributed by atoms with Crippen molar-refractivity contribution >= 4 is 23.6 Å². The monoisotopic (exact) mass is 322 g/mol. The summed E-state index contributed by atoms with van der Waals surface area (Å²) in [6.45, 7) is 3.71. The maximum Gasteiger partial charge on any atom is 0.241 e. The Bertz CT molecular complexity index is 485. The van der Waals surface area contributed by atoms with Crippen LogP contribution in [0.15, 0.2) is 29.3 Å². The number of hydrogen-bond donors (Lipinski definition) is 2. The third kappa shape index (κ3) is 7.36. The van der Waals surface area contributed by atoms with Crippen LogP contribution in [0.2, 0.25) is 0 Å². The number of thioether (sulfide) groups is 1. The number of likely N-dealkylation sites (N-methyl/N-ethyl adjacent to an activating group) is 1. The van der Waals surface area contributed by atoms with Crippen LogP contribution < -0.4 is 10.6 Å². The van der Waals surface area contributed by atoms with Crippen molar-refractivity contribution in [2.45, 2.75) is 13.5 Å². The molecule has 0 aliphatic heterocycles. The molecule has 1 amide bonds. The Hall–Kier alpha value is -1.69. The summed E-state index contributed by atoms with van der Waals surface area (Å²) in [6.07, 6.45) is 2.06. The second-order valence-electron chi connectivity index (χ2n) is 5.21. The van der Waals surface area contributed by atoms with E-state index in [0.29, 0.717) is 12.5 Å². The zero-order valence-corrected chi connectivity index (χ0v) is 14.7. The van der Waals surface area contributed by atoms with Gasteiger partial charge in [-0.1, -0.05) is 29.8 Å². The SMILES string of the molecule is CSCCNC(=NCc1ccc(C)cc1)NCC(=O)N(C)C. The van der Waals surface area contributed by atoms with Crippen molar-refractivity contribution in [3.05, 3.63) is 35.4 Å². The first kappa shape index (κ1) is 18.4. The lowest BCUT2D eigenvalue weighted by Crippen LogP contribution is -2.43. The summed E-state index contributed by atoms with van der Waals surface area (Å²) in [5, 5.41) is 6.32. The molecule has 1 aromatic carbocycles. The number of nitrogens with zero attached hydrogens (tertiary/aromatic N) is 2. The maximum atomic E-state index is 11.7. The molecule has 6 heteroatoms. The second kappa shape index (κ2) is 10.1. The standard InChI is InChI=1S/C16H26N4OS/c1-13-5-7-14(8-6-13)11-18-16(17-9-10-22-4)19-12-15(21)20(2)3/h5-8H,9-12H2,1-4H3,(H2,17,18,19). The van der Waals surface area contributed by atoms with E-state index in [1.165, 1.54) is 5.56 Å². The van der Waals surface area contributed by atoms with Crippen LogP contribution in [0.5, 0.6) is 0 Å². The predicted octanol–water partition coefficient (Wildman–Crippen LogP) is 1.48. The Kier molecular flexibility index (Phi) is 8.43. The molecule has 0 aromatic heterocycles. The summed E-state index contributed by atoms with van der Waals surface area (Å²) in [4.78, 5) is 17.8. The average Bonchev–Trinajstić information content (AvgIpc) is 2.50. The van der Waals surface area contributed by atoms with Crippen LogP contribution in [0.3, 0.4) is 0 Å². The summed E-state index contributed by atoms with van der Waals surface area (Å²) in [7, 11) is 3.49. The van der Waals surface area contributed by atoms with Crippen LogP contribution in [-0.2, 0) is 11.3 Å². The number of rotatable bonds is 7. The lowest BCUT2D eigenvalue weighted by molar-refractivity contribution is -0.127. The van der Waals surface area contributed by atoms with Crippen molar-refractivity contribution in [1.29, 1.82) is 0 Å². The van der Waals surface area contributed by atoms with Crippen LogP contribution in [0, 0.1) is 6.92 Å². The Morgan fingerprint density at radius 1 is 1.23 bits per heavy atom. The van der Waals surface area contributed by atoms with Gasteiger partial charge >= 0.3 is 0 Å². The van der Waals surface area contributed by atoms with Gasteiger partial charge in [-0.2, -0.15) is 11.8 Å². The molecule has 1 rings (SSSR count). The van der Waals surface area contributed by atoms with Gasteiger partial charge in [0.05, 0.1) is 13.1 Å². The summed E-state index contributed by atoms with van der Waals surface area (Å²) in [5.74, 6) is 1.69. The molecule has 0 atom stereocenters. The van der Waals surface area contributed by atoms with Crippen molar-refractivity contribution < 1.29 is 4.79 Å². The number of benzene rings is 1. The van der Waals surface area contributed by atoms with Gasteiger partial charge in [-0.3, -0.25) is 4.79 Å². The lowest BCUT2D eigenvalue weighted by Gasteiger charge is -2.14. The van der Waals surface area contributed by atoms with E-state index in [9.17, 15) is 4.79 Å². The second-order valence-corrected chi connectivity index (χ2v) is 6.20. The van der Waals surface area contributed by atoms with Crippen molar-refractivity contribution in [2.24, 2.45) is 4.99 Å². The Balaban J connectivity index is 2.60. The molecule has 0 fully saturated rings. The Morgan fingerprint density at radius 2 is 1.91 bits per heavy atom. The number of guanidine groups is 1. The Labute approximate surface area is 137 Å². The van der Waals surface area contributed by atoms with Crippen molar-refractivity contribution in [2.75, 3.05) is 39.2 Å². The van der Waals surface area contributed by atoms with Crippen LogP contribution in [-0.4, -0.2) is 56.0 Å². The minimum Gasteiger partial charge on any atom is -0.356 e. The fourth-order valence-corrected chi connectivity index (χ4v) is 1.93. The van der Waals surface area contributed by atoms with E-state index in [1.807, 2.05) is 0 Å². The van der Waals surface area contributed by atoms with Crippen LogP contribution in [0.25, 0.3) is 0 Å². The molecule has 0 spiro atoms. The first-order valence-corrected chi connectivity index (χ1v) is 8.69. The van der Waals surface area contributed by atoms with Gasteiger partial charge in [0.25, 0.3) is 0 Å². The topological polar surface area (TPSA) is 56.7 Å². The van der Waals surface area contributed by atoms with Gasteiger partial charge in [0.15, 0.2) is 5.96 Å². The highest BCUT2D eigenvalue weighted by atomic mass is 32.2. The van der Waals surface area contributed by atoms with Gasteiger partial charge in [-0.05, 0) is 18.7 Å². The quantitative estimate of drug-likeness (QED) is 0.454. The third-order valence-corrected chi connectivity index (χ3v) is 3.66. The molecular formula is C16H26N4OS. The van der Waals surface area contributed by atoms with E-state index >= 15 is 0 Å². The summed E-state index contributed by atoms with van der Waals surface area (Å²) in [6, 6.07) is 8.30. The molecular weight excluding hydrogens is 296 g/mol. The van der Waals surface area contributed by atoms with Crippen LogP contribution in [0.1, 0.15) is 11.1 Å². The minimum absolute atomic E-state index is 0.0229. The number of hydrogen-bond acceptors (Lipinski definition) is 3. The Morgan fingerprint density at radius 3 is 2.50 bits per heavy atom. The van der Waals surface area contributed by atoms with E-state index in [-0.39, 0.29) is 12.5 Å². The molecule has 0 saturated heterocycles. The van der Waals surface area contributed by atoms with E-state index < -0.39 is 0 Å². The summed E-state index contributed by atoms with van der Waals surface area (Å²) < 4.78 is 0. The highest BCUT2D eigenvalue weighted by Gasteiger charge is 2.05. The average molecular weight is 322 g/mol. The number of aliphatic imine (C=N–C) groups is 1. The highest BCUT2D eigenvalue weighted by molar-refractivity contribution is 7.98. The summed E-state index contributed by atoms with van der Waals surface area (Å²) in [5.41, 5.74) is 2.39. The van der Waals surface area contributed by atoms with Gasteiger partial charge in [0, 0.05) is 26.4 Å². The zero-order valence-electron chi connectivity index (χ0n) is 13.8. The minimum atomic E-state index is 0.0229. The van der Waals surface area contributed by atoms with Crippen molar-refractivity contribution in [3.63, 3.8) is 0 Å². The van der Waals surface area contributed by atoms with E-state index in [4.69, 9.17) is 0 Å². The molecule has 22 heavy (non-hydrogen) atoms. The number of carbonyl (C=O) groups is 1. The molecule has 0 radical (unpaired) electrons. The largest absolute Gasteiger partial charge is 0.356 e. The molecule has 0 unspecified atom stereocenters. The number of carbonyl (C=O) groups excluding carboxylic acids is 1. The van der Waals surface area contributed by atoms with Gasteiger partial charge < -0.3 is 15.5 Å². The molecule has 0 aliphatic rings. The first-order chi connectivity index (χ1) is 10.5. The predicted molar refractivity (Wildman–Crippen MR) is 95.4 cm³/mol. The fraction of sp³-hybridized carbons (Fsp3) is 0.500. The maximum absolute atomic E-state index is 11.7. The molecule has 1 aromatic rings. The van der Waals surface area contributed by atoms with Gasteiger partial charge in [0.2, 0.25) is 5.91 Å². The molecule has 2 N–H and O–H groups in total. The van der Waals surface area contributed by atoms with Crippen molar-refractivity contribution in [3.8, 4) is 0 Å². The molecule has 0 bridgehead atoms.